The molecule has 0 aromatic heterocycles. The van der Waals surface area contributed by atoms with E-state index in [2.05, 4.69) is 10.5 Å². The molecular weight excluding hydrogens is 313 g/mol. The number of carbonyl (C=O) groups is 1. The van der Waals surface area contributed by atoms with Gasteiger partial charge in [0.25, 0.3) is 5.91 Å². The van der Waals surface area contributed by atoms with Gasteiger partial charge in [0.1, 0.15) is 19.0 Å². The van der Waals surface area contributed by atoms with Crippen molar-refractivity contribution >= 4 is 12.1 Å². The van der Waals surface area contributed by atoms with Gasteiger partial charge >= 0.3 is 0 Å². The molecule has 2 aromatic rings. The van der Waals surface area contributed by atoms with Gasteiger partial charge in [0, 0.05) is 0 Å². The van der Waals surface area contributed by atoms with Gasteiger partial charge in [0.05, 0.1) is 23.4 Å². The maximum absolute atomic E-state index is 13.7. The molecule has 120 valence electrons. The van der Waals surface area contributed by atoms with Crippen molar-refractivity contribution in [2.75, 3.05) is 13.2 Å². The van der Waals surface area contributed by atoms with Crippen LogP contribution in [-0.4, -0.2) is 25.3 Å². The minimum Gasteiger partial charge on any atom is -0.486 e. The van der Waals surface area contributed by atoms with Gasteiger partial charge in [0.15, 0.2) is 11.5 Å². The summed E-state index contributed by atoms with van der Waals surface area (Å²) in [5.41, 5.74) is 2.89. The molecule has 1 N–H and O–H groups in total. The van der Waals surface area contributed by atoms with Crippen molar-refractivity contribution in [1.29, 1.82) is 5.26 Å². The molecule has 0 saturated heterocycles. The molecule has 0 unspecified atom stereocenters. The summed E-state index contributed by atoms with van der Waals surface area (Å²) in [6, 6.07) is 10.6. The van der Waals surface area contributed by atoms with Gasteiger partial charge in [-0.05, 0) is 42.0 Å². The van der Waals surface area contributed by atoms with Crippen molar-refractivity contribution in [3.05, 3.63) is 58.9 Å². The summed E-state index contributed by atoms with van der Waals surface area (Å²) in [5, 5.41) is 12.5. The molecule has 6 nitrogen and oxygen atoms in total. The molecule has 0 aliphatic carbocycles. The number of hydrazone groups is 1. The number of nitrogens with one attached hydrogen (secondary N) is 1. The molecule has 7 heteroatoms. The highest BCUT2D eigenvalue weighted by molar-refractivity contribution is 5.95. The Balaban J connectivity index is 1.68. The Morgan fingerprint density at radius 2 is 2.00 bits per heavy atom. The third-order valence-electron chi connectivity index (χ3n) is 3.29. The predicted octanol–water partition coefficient (Wildman–Crippen LogP) is 2.23. The molecule has 0 fully saturated rings. The predicted molar refractivity (Wildman–Crippen MR) is 83.6 cm³/mol. The Kier molecular flexibility index (Phi) is 4.38. The van der Waals surface area contributed by atoms with Gasteiger partial charge in [-0.3, -0.25) is 4.79 Å². The van der Waals surface area contributed by atoms with Crippen molar-refractivity contribution in [2.45, 2.75) is 0 Å². The molecule has 1 amide bonds. The monoisotopic (exact) mass is 325 g/mol. The van der Waals surface area contributed by atoms with Crippen LogP contribution in [0.5, 0.6) is 11.5 Å². The van der Waals surface area contributed by atoms with E-state index < -0.39 is 11.7 Å². The van der Waals surface area contributed by atoms with E-state index in [-0.39, 0.29) is 11.1 Å². The second-order valence-electron chi connectivity index (χ2n) is 4.91. The highest BCUT2D eigenvalue weighted by Gasteiger charge is 2.12. The summed E-state index contributed by atoms with van der Waals surface area (Å²) in [6.45, 7) is 0.981. The third kappa shape index (κ3) is 3.33. The third-order valence-corrected chi connectivity index (χ3v) is 3.29. The molecular formula is C17H12FN3O3. The maximum Gasteiger partial charge on any atom is 0.274 e. The molecule has 0 atom stereocenters. The molecule has 2 aromatic carbocycles. The number of hydrogen-bond donors (Lipinski definition) is 1. The highest BCUT2D eigenvalue weighted by atomic mass is 19.1. The Morgan fingerprint density at radius 1 is 1.21 bits per heavy atom. The van der Waals surface area contributed by atoms with Crippen LogP contribution in [0.4, 0.5) is 4.39 Å². The van der Waals surface area contributed by atoms with Gasteiger partial charge in [-0.25, -0.2) is 9.82 Å². The van der Waals surface area contributed by atoms with Crippen molar-refractivity contribution in [3.8, 4) is 17.6 Å². The molecule has 0 spiro atoms. The summed E-state index contributed by atoms with van der Waals surface area (Å²) in [6.07, 6.45) is 1.41. The number of nitrogens with zero attached hydrogens (tertiary/aromatic N) is 2. The zero-order valence-corrected chi connectivity index (χ0v) is 12.5. The van der Waals surface area contributed by atoms with E-state index in [4.69, 9.17) is 14.7 Å². The molecule has 1 heterocycles. The van der Waals surface area contributed by atoms with Crippen molar-refractivity contribution < 1.29 is 18.7 Å². The zero-order chi connectivity index (χ0) is 16.9. The summed E-state index contributed by atoms with van der Waals surface area (Å²) in [7, 11) is 0. The lowest BCUT2D eigenvalue weighted by Gasteiger charge is -2.18. The lowest BCUT2D eigenvalue weighted by Crippen LogP contribution is -2.19. The van der Waals surface area contributed by atoms with Crippen LogP contribution in [0.2, 0.25) is 0 Å². The van der Waals surface area contributed by atoms with Crippen LogP contribution < -0.4 is 14.9 Å². The smallest absolute Gasteiger partial charge is 0.274 e. The average Bonchev–Trinajstić information content (AvgIpc) is 2.61. The number of carbonyl (C=O) groups excluding carboxylic acids is 1. The molecule has 0 radical (unpaired) electrons. The fourth-order valence-corrected chi connectivity index (χ4v) is 2.13. The van der Waals surface area contributed by atoms with Gasteiger partial charge in [-0.2, -0.15) is 10.4 Å². The number of amides is 1. The fraction of sp³-hybridized carbons (Fsp3) is 0.118. The van der Waals surface area contributed by atoms with Gasteiger partial charge < -0.3 is 9.47 Å². The highest BCUT2D eigenvalue weighted by Crippen LogP contribution is 2.30. The van der Waals surface area contributed by atoms with Crippen LogP contribution in [0.25, 0.3) is 0 Å². The first kappa shape index (κ1) is 15.5. The van der Waals surface area contributed by atoms with E-state index >= 15 is 0 Å². The van der Waals surface area contributed by atoms with E-state index in [0.29, 0.717) is 30.3 Å². The molecule has 0 bridgehead atoms. The number of fused-ring (bicyclic) bond motifs is 1. The Morgan fingerprint density at radius 3 is 2.75 bits per heavy atom. The van der Waals surface area contributed by atoms with Crippen LogP contribution in [0.1, 0.15) is 21.5 Å². The van der Waals surface area contributed by atoms with E-state index in [9.17, 15) is 9.18 Å². The van der Waals surface area contributed by atoms with Crippen molar-refractivity contribution in [2.24, 2.45) is 5.10 Å². The van der Waals surface area contributed by atoms with Crippen LogP contribution >= 0.6 is 0 Å². The summed E-state index contributed by atoms with van der Waals surface area (Å²) < 4.78 is 24.6. The second kappa shape index (κ2) is 6.79. The van der Waals surface area contributed by atoms with Gasteiger partial charge in [0.2, 0.25) is 0 Å². The van der Waals surface area contributed by atoms with E-state index in [1.165, 1.54) is 18.3 Å². The van der Waals surface area contributed by atoms with Crippen LogP contribution in [0.3, 0.4) is 0 Å². The topological polar surface area (TPSA) is 83.7 Å². The minimum atomic E-state index is -0.777. The minimum absolute atomic E-state index is 0.142. The van der Waals surface area contributed by atoms with Crippen molar-refractivity contribution in [1.82, 2.24) is 5.43 Å². The summed E-state index contributed by atoms with van der Waals surface area (Å²) in [4.78, 5) is 11.9. The normalized spacial score (nSPS) is 12.7. The first-order valence-corrected chi connectivity index (χ1v) is 7.10. The standard InChI is InChI=1S/C17H12FN3O3/c18-14-7-11(9-19)1-3-13(14)17(22)21-20-10-12-2-4-15-16(8-12)24-6-5-23-15/h1-4,7-8,10H,5-6H2,(H,21,22)/b20-10+. The molecule has 3 rings (SSSR count). The van der Waals surface area contributed by atoms with E-state index in [1.807, 2.05) is 0 Å². The Bertz CT molecular complexity index is 859. The number of halogens is 1. The van der Waals surface area contributed by atoms with E-state index in [0.717, 1.165) is 6.07 Å². The van der Waals surface area contributed by atoms with E-state index in [1.54, 1.807) is 24.3 Å². The number of rotatable bonds is 3. The lowest BCUT2D eigenvalue weighted by molar-refractivity contribution is 0.0951. The van der Waals surface area contributed by atoms with Gasteiger partial charge in [-0.1, -0.05) is 0 Å². The largest absolute Gasteiger partial charge is 0.486 e. The van der Waals surface area contributed by atoms with Crippen LogP contribution in [0, 0.1) is 17.1 Å². The number of hydrogen-bond acceptors (Lipinski definition) is 5. The van der Waals surface area contributed by atoms with Crippen molar-refractivity contribution in [3.63, 3.8) is 0 Å². The van der Waals surface area contributed by atoms with Crippen LogP contribution in [-0.2, 0) is 0 Å². The molecule has 1 aliphatic rings. The number of nitriles is 1. The SMILES string of the molecule is N#Cc1ccc(C(=O)N/N=C/c2ccc3c(c2)OCCO3)c(F)c1. The maximum atomic E-state index is 13.7. The van der Waals surface area contributed by atoms with Crippen LogP contribution in [0.15, 0.2) is 41.5 Å². The first-order chi connectivity index (χ1) is 11.7. The van der Waals surface area contributed by atoms with Gasteiger partial charge in [-0.15, -0.1) is 0 Å². The molecule has 24 heavy (non-hydrogen) atoms. The molecule has 0 saturated carbocycles. The summed E-state index contributed by atoms with van der Waals surface area (Å²) in [5.74, 6) is -0.219. The Labute approximate surface area is 137 Å². The quantitative estimate of drug-likeness (QED) is 0.693. The lowest BCUT2D eigenvalue weighted by atomic mass is 10.1. The number of ether oxygens (including phenoxy) is 2. The number of benzene rings is 2. The second-order valence-corrected chi connectivity index (χ2v) is 4.91. The first-order valence-electron chi connectivity index (χ1n) is 7.10. The summed E-state index contributed by atoms with van der Waals surface area (Å²) >= 11 is 0. The fourth-order valence-electron chi connectivity index (χ4n) is 2.13. The Hall–Kier alpha value is -3.40. The zero-order valence-electron chi connectivity index (χ0n) is 12.5. The average molecular weight is 325 g/mol. The molecule has 1 aliphatic heterocycles.